The third-order valence-corrected chi connectivity index (χ3v) is 2.60. The summed E-state index contributed by atoms with van der Waals surface area (Å²) in [6, 6.07) is 5.99. The highest BCUT2D eigenvalue weighted by Gasteiger charge is 2.19. The van der Waals surface area contributed by atoms with Gasteiger partial charge < -0.3 is 10.1 Å². The highest BCUT2D eigenvalue weighted by Crippen LogP contribution is 2.26. The van der Waals surface area contributed by atoms with Crippen LogP contribution in [0, 0.1) is 0 Å². The zero-order valence-corrected chi connectivity index (χ0v) is 8.88. The van der Waals surface area contributed by atoms with Gasteiger partial charge in [-0.1, -0.05) is 12.1 Å². The van der Waals surface area contributed by atoms with Crippen molar-refractivity contribution in [3.05, 3.63) is 29.3 Å². The molecular formula is C12H15NO2. The van der Waals surface area contributed by atoms with E-state index in [1.807, 2.05) is 19.1 Å². The van der Waals surface area contributed by atoms with E-state index in [0.29, 0.717) is 6.42 Å². The fourth-order valence-corrected chi connectivity index (χ4v) is 1.88. The van der Waals surface area contributed by atoms with Gasteiger partial charge in [-0.05, 0) is 30.5 Å². The number of nitrogens with one attached hydrogen (secondary N) is 1. The lowest BCUT2D eigenvalue weighted by molar-refractivity contribution is -0.115. The normalized spacial score (nSPS) is 13.8. The zero-order valence-electron chi connectivity index (χ0n) is 8.88. The zero-order chi connectivity index (χ0) is 10.7. The molecule has 0 saturated heterocycles. The van der Waals surface area contributed by atoms with Gasteiger partial charge in [-0.15, -0.1) is 0 Å². The summed E-state index contributed by atoms with van der Waals surface area (Å²) >= 11 is 0. The van der Waals surface area contributed by atoms with Crippen molar-refractivity contribution in [1.29, 1.82) is 0 Å². The van der Waals surface area contributed by atoms with Gasteiger partial charge in [-0.3, -0.25) is 4.79 Å². The van der Waals surface area contributed by atoms with Gasteiger partial charge in [0.1, 0.15) is 0 Å². The highest BCUT2D eigenvalue weighted by atomic mass is 16.5. The molecule has 1 aliphatic rings. The number of amides is 1. The van der Waals surface area contributed by atoms with E-state index in [4.69, 9.17) is 4.74 Å². The van der Waals surface area contributed by atoms with Crippen LogP contribution in [0.1, 0.15) is 18.1 Å². The van der Waals surface area contributed by atoms with E-state index >= 15 is 0 Å². The maximum atomic E-state index is 11.2. The molecule has 1 aromatic carbocycles. The van der Waals surface area contributed by atoms with Crippen molar-refractivity contribution in [2.75, 3.05) is 18.5 Å². The average molecular weight is 205 g/mol. The molecule has 0 fully saturated rings. The Kier molecular flexibility index (Phi) is 3.02. The molecular weight excluding hydrogens is 190 g/mol. The lowest BCUT2D eigenvalue weighted by Gasteiger charge is -2.06. The summed E-state index contributed by atoms with van der Waals surface area (Å²) in [5, 5.41) is 2.85. The molecule has 2 rings (SSSR count). The minimum atomic E-state index is 0.0915. The Morgan fingerprint density at radius 2 is 2.33 bits per heavy atom. The molecule has 0 unspecified atom stereocenters. The number of benzene rings is 1. The molecule has 1 aromatic rings. The number of anilines is 1. The van der Waals surface area contributed by atoms with Crippen molar-refractivity contribution in [2.45, 2.75) is 19.8 Å². The molecule has 3 nitrogen and oxygen atoms in total. The van der Waals surface area contributed by atoms with Crippen LogP contribution in [-0.4, -0.2) is 19.1 Å². The number of carbonyl (C=O) groups excluding carboxylic acids is 1. The van der Waals surface area contributed by atoms with Crippen molar-refractivity contribution < 1.29 is 9.53 Å². The maximum absolute atomic E-state index is 11.2. The minimum Gasteiger partial charge on any atom is -0.381 e. The topological polar surface area (TPSA) is 38.3 Å². The summed E-state index contributed by atoms with van der Waals surface area (Å²) in [5.74, 6) is 0.0915. The molecule has 0 atom stereocenters. The summed E-state index contributed by atoms with van der Waals surface area (Å²) in [7, 11) is 0. The first-order valence-electron chi connectivity index (χ1n) is 5.29. The monoisotopic (exact) mass is 205 g/mol. The Balaban J connectivity index is 2.12. The van der Waals surface area contributed by atoms with Crippen LogP contribution in [0.25, 0.3) is 0 Å². The molecule has 0 spiro atoms. The lowest BCUT2D eigenvalue weighted by Crippen LogP contribution is -2.04. The largest absolute Gasteiger partial charge is 0.381 e. The first-order chi connectivity index (χ1) is 7.31. The second-order valence-electron chi connectivity index (χ2n) is 3.62. The standard InChI is InChI=1S/C12H15NO2/c1-2-15-7-6-9-4-3-5-11-10(9)8-12(14)13-11/h3-5H,2,6-8H2,1H3,(H,13,14). The van der Waals surface area contributed by atoms with Gasteiger partial charge in [-0.2, -0.15) is 0 Å². The van der Waals surface area contributed by atoms with Crippen LogP contribution in [-0.2, 0) is 22.4 Å². The fraction of sp³-hybridized carbons (Fsp3) is 0.417. The van der Waals surface area contributed by atoms with Crippen molar-refractivity contribution >= 4 is 11.6 Å². The Morgan fingerprint density at radius 1 is 1.47 bits per heavy atom. The molecule has 0 aromatic heterocycles. The van der Waals surface area contributed by atoms with E-state index < -0.39 is 0 Å². The van der Waals surface area contributed by atoms with Crippen molar-refractivity contribution in [3.8, 4) is 0 Å². The van der Waals surface area contributed by atoms with Crippen molar-refractivity contribution in [1.82, 2.24) is 0 Å². The predicted molar refractivity (Wildman–Crippen MR) is 59.0 cm³/mol. The first kappa shape index (κ1) is 10.2. The minimum absolute atomic E-state index is 0.0915. The Morgan fingerprint density at radius 3 is 3.13 bits per heavy atom. The molecule has 0 bridgehead atoms. The van der Waals surface area contributed by atoms with Gasteiger partial charge in [0.15, 0.2) is 0 Å². The maximum Gasteiger partial charge on any atom is 0.228 e. The molecule has 0 aliphatic carbocycles. The van der Waals surface area contributed by atoms with Crippen molar-refractivity contribution in [2.24, 2.45) is 0 Å². The van der Waals surface area contributed by atoms with E-state index in [1.54, 1.807) is 0 Å². The van der Waals surface area contributed by atoms with Crippen molar-refractivity contribution in [3.63, 3.8) is 0 Å². The molecule has 1 amide bonds. The molecule has 1 aliphatic heterocycles. The third-order valence-electron chi connectivity index (χ3n) is 2.60. The van der Waals surface area contributed by atoms with Gasteiger partial charge in [-0.25, -0.2) is 0 Å². The summed E-state index contributed by atoms with van der Waals surface area (Å²) in [5.41, 5.74) is 3.33. The molecule has 0 radical (unpaired) electrons. The Bertz CT molecular complexity index is 374. The van der Waals surface area contributed by atoms with Crippen LogP contribution >= 0.6 is 0 Å². The van der Waals surface area contributed by atoms with Gasteiger partial charge >= 0.3 is 0 Å². The number of rotatable bonds is 4. The molecule has 1 heterocycles. The SMILES string of the molecule is CCOCCc1cccc2c1CC(=O)N2. The van der Waals surface area contributed by atoms with Crippen LogP contribution < -0.4 is 5.32 Å². The van der Waals surface area contributed by atoms with E-state index in [1.165, 1.54) is 5.56 Å². The molecule has 3 heteroatoms. The van der Waals surface area contributed by atoms with Gasteiger partial charge in [0.2, 0.25) is 5.91 Å². The molecule has 15 heavy (non-hydrogen) atoms. The second kappa shape index (κ2) is 4.45. The van der Waals surface area contributed by atoms with Crippen LogP contribution in [0.3, 0.4) is 0 Å². The van der Waals surface area contributed by atoms with Gasteiger partial charge in [0, 0.05) is 12.3 Å². The number of hydrogen-bond donors (Lipinski definition) is 1. The fourth-order valence-electron chi connectivity index (χ4n) is 1.88. The third kappa shape index (κ3) is 2.18. The van der Waals surface area contributed by atoms with E-state index in [9.17, 15) is 4.79 Å². The number of ether oxygens (including phenoxy) is 1. The number of fused-ring (bicyclic) bond motifs is 1. The van der Waals surface area contributed by atoms with Gasteiger partial charge in [0.25, 0.3) is 0 Å². The highest BCUT2D eigenvalue weighted by molar-refractivity contribution is 5.99. The molecule has 0 saturated carbocycles. The van der Waals surface area contributed by atoms with E-state index in [0.717, 1.165) is 30.9 Å². The summed E-state index contributed by atoms with van der Waals surface area (Å²) in [6.45, 7) is 3.45. The van der Waals surface area contributed by atoms with Crippen LogP contribution in [0.4, 0.5) is 5.69 Å². The van der Waals surface area contributed by atoms with Crippen LogP contribution in [0.15, 0.2) is 18.2 Å². The Hall–Kier alpha value is -1.35. The summed E-state index contributed by atoms with van der Waals surface area (Å²) in [4.78, 5) is 11.2. The smallest absolute Gasteiger partial charge is 0.228 e. The molecule has 80 valence electrons. The number of hydrogen-bond acceptors (Lipinski definition) is 2. The number of carbonyl (C=O) groups is 1. The van der Waals surface area contributed by atoms with Crippen LogP contribution in [0.5, 0.6) is 0 Å². The van der Waals surface area contributed by atoms with Crippen LogP contribution in [0.2, 0.25) is 0 Å². The average Bonchev–Trinajstić information content (AvgIpc) is 2.59. The van der Waals surface area contributed by atoms with E-state index in [2.05, 4.69) is 11.4 Å². The Labute approximate surface area is 89.4 Å². The van der Waals surface area contributed by atoms with E-state index in [-0.39, 0.29) is 5.91 Å². The first-order valence-corrected chi connectivity index (χ1v) is 5.29. The summed E-state index contributed by atoms with van der Waals surface area (Å²) in [6.07, 6.45) is 1.39. The summed E-state index contributed by atoms with van der Waals surface area (Å²) < 4.78 is 5.32. The second-order valence-corrected chi connectivity index (χ2v) is 3.62. The van der Waals surface area contributed by atoms with Gasteiger partial charge in [0.05, 0.1) is 13.0 Å². The quantitative estimate of drug-likeness (QED) is 0.761. The molecule has 1 N–H and O–H groups in total. The predicted octanol–water partition coefficient (Wildman–Crippen LogP) is 1.76. The lowest BCUT2D eigenvalue weighted by atomic mass is 10.0.